The Morgan fingerprint density at radius 1 is 1.00 bits per heavy atom. The summed E-state index contributed by atoms with van der Waals surface area (Å²) >= 11 is -0.735. The van der Waals surface area contributed by atoms with Crippen LogP contribution in [0.2, 0.25) is 14.8 Å². The molecule has 0 atom stereocenters. The number of likely N-dealkylation sites (tertiary alicyclic amines) is 1. The Morgan fingerprint density at radius 2 is 1.69 bits per heavy atom. The summed E-state index contributed by atoms with van der Waals surface area (Å²) in [7, 11) is 1.68. The summed E-state index contributed by atoms with van der Waals surface area (Å²) in [5, 5.41) is 1.05. The zero-order chi connectivity index (χ0) is 22.7. The number of hydrogen-bond donors (Lipinski definition) is 0. The van der Waals surface area contributed by atoms with E-state index in [4.69, 9.17) is 9.47 Å². The second-order valence-electron chi connectivity index (χ2n) is 9.52. The minimum atomic E-state index is -2.51. The van der Waals surface area contributed by atoms with Gasteiger partial charge in [-0.3, -0.25) is 0 Å². The van der Waals surface area contributed by atoms with E-state index in [1.54, 1.807) is 18.4 Å². The van der Waals surface area contributed by atoms with Gasteiger partial charge >= 0.3 is 181 Å². The molecule has 2 heterocycles. The Labute approximate surface area is 199 Å². The van der Waals surface area contributed by atoms with E-state index in [0.717, 1.165) is 39.3 Å². The number of benzene rings is 2. The summed E-state index contributed by atoms with van der Waals surface area (Å²) < 4.78 is 13.8. The van der Waals surface area contributed by atoms with E-state index in [1.165, 1.54) is 35.2 Å². The van der Waals surface area contributed by atoms with Crippen LogP contribution in [0.1, 0.15) is 35.2 Å². The molecular formula is C26H33NO3SSn. The summed E-state index contributed by atoms with van der Waals surface area (Å²) in [6, 6.07) is 13.7. The van der Waals surface area contributed by atoms with Crippen LogP contribution in [0.5, 0.6) is 11.5 Å². The van der Waals surface area contributed by atoms with Crippen LogP contribution in [-0.4, -0.2) is 62.4 Å². The summed E-state index contributed by atoms with van der Waals surface area (Å²) in [6.45, 7) is 4.01. The fourth-order valence-corrected chi connectivity index (χ4v) is 12.0. The predicted octanol–water partition coefficient (Wildman–Crippen LogP) is 5.55. The topological polar surface area (TPSA) is 38.8 Å². The zero-order valence-electron chi connectivity index (χ0n) is 19.6. The van der Waals surface area contributed by atoms with Crippen LogP contribution >= 0.6 is 11.3 Å². The van der Waals surface area contributed by atoms with Crippen molar-refractivity contribution in [3.8, 4) is 11.5 Å². The number of rotatable bonds is 8. The van der Waals surface area contributed by atoms with Crippen molar-refractivity contribution in [3.63, 3.8) is 0 Å². The van der Waals surface area contributed by atoms with Gasteiger partial charge in [-0.15, -0.1) is 0 Å². The molecule has 0 N–H and O–H groups in total. The Morgan fingerprint density at radius 3 is 2.34 bits per heavy atom. The van der Waals surface area contributed by atoms with Crippen molar-refractivity contribution in [1.29, 1.82) is 0 Å². The van der Waals surface area contributed by atoms with Crippen molar-refractivity contribution in [2.45, 2.75) is 34.1 Å². The van der Waals surface area contributed by atoms with Crippen molar-refractivity contribution in [1.82, 2.24) is 4.90 Å². The number of methoxy groups -OCH3 is 1. The van der Waals surface area contributed by atoms with E-state index < -0.39 is 18.4 Å². The standard InChI is InChI=1S/C23H24NO3S.3CH3.Sn/c1-26-19-9-10-20-21(16-28-22(20)15-19)23(25)17-5-7-18(8-6-17)27-14-13-24-11-3-2-4-12-24;;;;/h5-10,15H,2-4,11-14H2,1H3;3*1H3;. The van der Waals surface area contributed by atoms with Gasteiger partial charge in [-0.25, -0.2) is 0 Å². The number of piperidine rings is 1. The summed E-state index contributed by atoms with van der Waals surface area (Å²) in [5.74, 6) is 1.77. The van der Waals surface area contributed by atoms with Gasteiger partial charge in [0.25, 0.3) is 0 Å². The van der Waals surface area contributed by atoms with Crippen molar-refractivity contribution < 1.29 is 14.3 Å². The Balaban J connectivity index is 1.53. The number of carbonyl (C=O) groups excluding carboxylic acids is 1. The van der Waals surface area contributed by atoms with E-state index >= 15 is 0 Å². The number of fused-ring (bicyclic) bond motifs is 1. The third-order valence-electron chi connectivity index (χ3n) is 6.05. The molecule has 0 bridgehead atoms. The van der Waals surface area contributed by atoms with E-state index in [1.807, 2.05) is 36.4 Å². The SMILES string of the molecule is COc1ccc2c(C(=O)c3ccc(OCCN4CCCCC4)cc3)[c]([Sn]([CH3])([CH3])[CH3])sc2c1. The number of carbonyl (C=O) groups is 1. The van der Waals surface area contributed by atoms with Gasteiger partial charge in [0.2, 0.25) is 0 Å². The van der Waals surface area contributed by atoms with Crippen LogP contribution in [0, 0.1) is 0 Å². The van der Waals surface area contributed by atoms with Gasteiger partial charge in [-0.05, 0) is 12.8 Å². The third kappa shape index (κ3) is 5.32. The molecule has 0 saturated carbocycles. The molecule has 1 aliphatic heterocycles. The van der Waals surface area contributed by atoms with Crippen LogP contribution in [-0.2, 0) is 0 Å². The molecule has 3 aromatic rings. The number of nitrogens with zero attached hydrogens (tertiary/aromatic N) is 1. The summed E-state index contributed by atoms with van der Waals surface area (Å²) in [5.41, 5.74) is 1.62. The first kappa shape index (κ1) is 23.6. The molecule has 6 heteroatoms. The number of thiophene rings is 1. The molecule has 2 aromatic carbocycles. The van der Waals surface area contributed by atoms with E-state index in [-0.39, 0.29) is 5.78 Å². The van der Waals surface area contributed by atoms with Gasteiger partial charge in [0.05, 0.1) is 0 Å². The molecular weight excluding hydrogens is 525 g/mol. The first-order valence-electron chi connectivity index (χ1n) is 11.5. The van der Waals surface area contributed by atoms with Crippen LogP contribution in [0.4, 0.5) is 0 Å². The van der Waals surface area contributed by atoms with Crippen molar-refractivity contribution in [2.24, 2.45) is 0 Å². The van der Waals surface area contributed by atoms with Crippen molar-refractivity contribution >= 4 is 48.5 Å². The first-order valence-corrected chi connectivity index (χ1v) is 22.3. The van der Waals surface area contributed by atoms with Crippen molar-refractivity contribution in [2.75, 3.05) is 33.4 Å². The maximum absolute atomic E-state index is 13.6. The van der Waals surface area contributed by atoms with Gasteiger partial charge in [0, 0.05) is 0 Å². The quantitative estimate of drug-likeness (QED) is 0.269. The van der Waals surface area contributed by atoms with E-state index in [9.17, 15) is 4.79 Å². The molecule has 0 radical (unpaired) electrons. The second kappa shape index (κ2) is 10.1. The molecule has 1 aliphatic rings. The van der Waals surface area contributed by atoms with Crippen LogP contribution in [0.3, 0.4) is 0 Å². The van der Waals surface area contributed by atoms with Crippen LogP contribution in [0.15, 0.2) is 42.5 Å². The average molecular weight is 558 g/mol. The monoisotopic (exact) mass is 559 g/mol. The number of ether oxygens (including phenoxy) is 2. The van der Waals surface area contributed by atoms with Gasteiger partial charge in [-0.1, -0.05) is 6.42 Å². The van der Waals surface area contributed by atoms with E-state index in [2.05, 4.69) is 25.8 Å². The fourth-order valence-electron chi connectivity index (χ4n) is 4.28. The van der Waals surface area contributed by atoms with E-state index in [0.29, 0.717) is 6.61 Å². The minimum absolute atomic E-state index is 0.114. The molecule has 170 valence electrons. The van der Waals surface area contributed by atoms with Gasteiger partial charge in [-0.2, -0.15) is 0 Å². The molecule has 4 rings (SSSR count). The molecule has 4 nitrogen and oxygen atoms in total. The maximum atomic E-state index is 13.6. The van der Waals surface area contributed by atoms with Gasteiger partial charge < -0.3 is 0 Å². The summed E-state index contributed by atoms with van der Waals surface area (Å²) in [6.07, 6.45) is 3.93. The normalized spacial score (nSPS) is 15.1. The summed E-state index contributed by atoms with van der Waals surface area (Å²) in [4.78, 5) is 23.2. The predicted molar refractivity (Wildman–Crippen MR) is 137 cm³/mol. The Hall–Kier alpha value is -1.57. The molecule has 1 fully saturated rings. The fraction of sp³-hybridized carbons (Fsp3) is 0.423. The molecule has 0 amide bonds. The number of ketones is 1. The van der Waals surface area contributed by atoms with Crippen LogP contribution < -0.4 is 12.4 Å². The molecule has 0 unspecified atom stereocenters. The number of hydrogen-bond acceptors (Lipinski definition) is 5. The molecule has 1 aromatic heterocycles. The molecule has 0 aliphatic carbocycles. The second-order valence-corrected chi connectivity index (χ2v) is 25.9. The average Bonchev–Trinajstić information content (AvgIpc) is 3.19. The van der Waals surface area contributed by atoms with Gasteiger partial charge in [0.15, 0.2) is 0 Å². The first-order chi connectivity index (χ1) is 15.4. The molecule has 0 spiro atoms. The molecule has 32 heavy (non-hydrogen) atoms. The Bertz CT molecular complexity index is 1080. The third-order valence-corrected chi connectivity index (χ3v) is 16.6. The Kier molecular flexibility index (Phi) is 7.47. The zero-order valence-corrected chi connectivity index (χ0v) is 23.2. The van der Waals surface area contributed by atoms with Crippen molar-refractivity contribution in [3.05, 3.63) is 53.6 Å². The van der Waals surface area contributed by atoms with Crippen LogP contribution in [0.25, 0.3) is 10.1 Å². The molecule has 1 saturated heterocycles. The van der Waals surface area contributed by atoms with Gasteiger partial charge in [0.1, 0.15) is 0 Å².